The quantitative estimate of drug-likeness (QED) is 0.893. The van der Waals surface area contributed by atoms with Gasteiger partial charge in [-0.3, -0.25) is 5.32 Å². The van der Waals surface area contributed by atoms with Crippen molar-refractivity contribution in [1.82, 2.24) is 10.2 Å². The van der Waals surface area contributed by atoms with Crippen LogP contribution in [-0.2, 0) is 4.74 Å². The Morgan fingerprint density at radius 3 is 2.33 bits per heavy atom. The van der Waals surface area contributed by atoms with E-state index in [4.69, 9.17) is 4.74 Å². The lowest BCUT2D eigenvalue weighted by molar-refractivity contribution is 0.0635. The van der Waals surface area contributed by atoms with Crippen molar-refractivity contribution >= 4 is 23.4 Å². The van der Waals surface area contributed by atoms with Crippen molar-refractivity contribution < 1.29 is 9.53 Å². The Morgan fingerprint density at radius 1 is 1.04 bits per heavy atom. The molecule has 0 radical (unpaired) electrons. The van der Waals surface area contributed by atoms with Crippen molar-refractivity contribution in [3.8, 4) is 0 Å². The second-order valence-electron chi connectivity index (χ2n) is 7.72. The largest absolute Gasteiger partial charge is 0.444 e. The van der Waals surface area contributed by atoms with Crippen LogP contribution >= 0.6 is 0 Å². The average Bonchev–Trinajstić information content (AvgIpc) is 2.61. The van der Waals surface area contributed by atoms with Crippen LogP contribution in [0.1, 0.15) is 26.3 Å². The Hall–Kier alpha value is -2.83. The van der Waals surface area contributed by atoms with Gasteiger partial charge in [0.1, 0.15) is 5.60 Å². The Morgan fingerprint density at radius 2 is 1.74 bits per heavy atom. The highest BCUT2D eigenvalue weighted by Crippen LogP contribution is 2.20. The maximum absolute atomic E-state index is 11.8. The van der Waals surface area contributed by atoms with Crippen LogP contribution in [0.5, 0.6) is 0 Å². The third-order valence-electron chi connectivity index (χ3n) is 4.25. The van der Waals surface area contributed by atoms with Gasteiger partial charge in [-0.1, -0.05) is 12.1 Å². The van der Waals surface area contributed by atoms with Crippen LogP contribution in [0.4, 0.5) is 22.1 Å². The molecular weight excluding hydrogens is 342 g/mol. The van der Waals surface area contributed by atoms with Gasteiger partial charge in [0.25, 0.3) is 0 Å². The number of anilines is 3. The highest BCUT2D eigenvalue weighted by Gasteiger charge is 2.20. The number of aromatic nitrogens is 2. The van der Waals surface area contributed by atoms with Gasteiger partial charge in [-0.15, -0.1) is 10.2 Å². The van der Waals surface area contributed by atoms with Gasteiger partial charge < -0.3 is 14.5 Å². The van der Waals surface area contributed by atoms with E-state index >= 15 is 0 Å². The van der Waals surface area contributed by atoms with Gasteiger partial charge in [0.05, 0.1) is 0 Å². The molecule has 0 bridgehead atoms. The fraction of sp³-hybridized carbons (Fsp3) is 0.450. The van der Waals surface area contributed by atoms with Crippen molar-refractivity contribution in [2.24, 2.45) is 0 Å². The molecule has 1 aromatic heterocycles. The molecule has 0 spiro atoms. The first-order valence-electron chi connectivity index (χ1n) is 9.20. The second-order valence-corrected chi connectivity index (χ2v) is 7.72. The van der Waals surface area contributed by atoms with E-state index in [9.17, 15) is 4.79 Å². The number of ether oxygens (including phenoxy) is 1. The molecule has 27 heavy (non-hydrogen) atoms. The maximum atomic E-state index is 11.8. The standard InChI is InChI=1S/C20H27N5O2/c1-15-6-5-7-16(14-15)24-10-12-25(13-11-24)18-9-8-17(22-23-18)21-19(26)27-20(2,3)4/h5-9,14H,10-13H2,1-4H3,(H,21,22,26). The number of aryl methyl sites for hydroxylation is 1. The van der Waals surface area contributed by atoms with Gasteiger partial charge in [-0.05, 0) is 57.5 Å². The molecule has 0 unspecified atom stereocenters. The molecule has 1 aliphatic heterocycles. The van der Waals surface area contributed by atoms with Gasteiger partial charge in [-0.25, -0.2) is 4.79 Å². The number of hydrogen-bond donors (Lipinski definition) is 1. The minimum atomic E-state index is -0.547. The first kappa shape index (κ1) is 18.9. The summed E-state index contributed by atoms with van der Waals surface area (Å²) >= 11 is 0. The summed E-state index contributed by atoms with van der Waals surface area (Å²) in [5.41, 5.74) is 1.99. The van der Waals surface area contributed by atoms with Crippen LogP contribution in [0.15, 0.2) is 36.4 Å². The minimum Gasteiger partial charge on any atom is -0.444 e. The van der Waals surface area contributed by atoms with Crippen molar-refractivity contribution in [2.75, 3.05) is 41.3 Å². The maximum Gasteiger partial charge on any atom is 0.413 e. The lowest BCUT2D eigenvalue weighted by atomic mass is 10.2. The zero-order valence-corrected chi connectivity index (χ0v) is 16.4. The van der Waals surface area contributed by atoms with Gasteiger partial charge in [-0.2, -0.15) is 0 Å². The van der Waals surface area contributed by atoms with Crippen LogP contribution in [-0.4, -0.2) is 48.1 Å². The molecule has 7 nitrogen and oxygen atoms in total. The summed E-state index contributed by atoms with van der Waals surface area (Å²) in [5, 5.41) is 10.9. The van der Waals surface area contributed by atoms with E-state index in [1.807, 2.05) is 26.8 Å². The SMILES string of the molecule is Cc1cccc(N2CCN(c3ccc(NC(=O)OC(C)(C)C)nn3)CC2)c1. The predicted molar refractivity (Wildman–Crippen MR) is 107 cm³/mol. The molecule has 7 heteroatoms. The Kier molecular flexibility index (Phi) is 5.48. The molecule has 1 saturated heterocycles. The molecule has 0 aliphatic carbocycles. The summed E-state index contributed by atoms with van der Waals surface area (Å²) in [7, 11) is 0. The van der Waals surface area contributed by atoms with Gasteiger partial charge in [0.2, 0.25) is 0 Å². The number of hydrogen-bond acceptors (Lipinski definition) is 6. The Bertz CT molecular complexity index is 778. The van der Waals surface area contributed by atoms with Crippen LogP contribution in [0.3, 0.4) is 0 Å². The number of carbonyl (C=O) groups is 1. The first-order chi connectivity index (χ1) is 12.8. The zero-order chi connectivity index (χ0) is 19.4. The highest BCUT2D eigenvalue weighted by atomic mass is 16.6. The van der Waals surface area contributed by atoms with Gasteiger partial charge in [0.15, 0.2) is 11.6 Å². The lowest BCUT2D eigenvalue weighted by Gasteiger charge is -2.36. The fourth-order valence-corrected chi connectivity index (χ4v) is 2.99. The molecule has 2 heterocycles. The fourth-order valence-electron chi connectivity index (χ4n) is 2.99. The van der Waals surface area contributed by atoms with Crippen LogP contribution in [0.25, 0.3) is 0 Å². The van der Waals surface area contributed by atoms with Crippen LogP contribution in [0, 0.1) is 6.92 Å². The third kappa shape index (κ3) is 5.32. The second kappa shape index (κ2) is 7.82. The molecule has 1 N–H and O–H groups in total. The molecule has 0 saturated carbocycles. The number of rotatable bonds is 3. The number of nitrogens with zero attached hydrogens (tertiary/aromatic N) is 4. The molecule has 144 valence electrons. The third-order valence-corrected chi connectivity index (χ3v) is 4.25. The summed E-state index contributed by atoms with van der Waals surface area (Å²) in [5.74, 6) is 1.19. The average molecular weight is 369 g/mol. The predicted octanol–water partition coefficient (Wildman–Crippen LogP) is 3.46. The van der Waals surface area contributed by atoms with Gasteiger partial charge in [0, 0.05) is 31.9 Å². The summed E-state index contributed by atoms with van der Waals surface area (Å²) in [6.07, 6.45) is -0.531. The molecule has 2 aromatic rings. The van der Waals surface area contributed by atoms with Gasteiger partial charge >= 0.3 is 6.09 Å². The molecule has 1 aliphatic rings. The summed E-state index contributed by atoms with van der Waals surface area (Å²) in [6, 6.07) is 12.2. The molecule has 3 rings (SSSR count). The Balaban J connectivity index is 1.55. The monoisotopic (exact) mass is 369 g/mol. The topological polar surface area (TPSA) is 70.6 Å². The number of benzene rings is 1. The van der Waals surface area contributed by atoms with E-state index in [0.29, 0.717) is 5.82 Å². The Labute approximate surface area is 160 Å². The van der Waals surface area contributed by atoms with E-state index in [0.717, 1.165) is 32.0 Å². The van der Waals surface area contributed by atoms with Crippen LogP contribution in [0.2, 0.25) is 0 Å². The van der Waals surface area contributed by atoms with Crippen molar-refractivity contribution in [1.29, 1.82) is 0 Å². The number of nitrogens with one attached hydrogen (secondary N) is 1. The summed E-state index contributed by atoms with van der Waals surface area (Å²) < 4.78 is 5.22. The zero-order valence-electron chi connectivity index (χ0n) is 16.4. The van der Waals surface area contributed by atoms with Crippen molar-refractivity contribution in [3.63, 3.8) is 0 Å². The number of piperazine rings is 1. The minimum absolute atomic E-state index is 0.381. The van der Waals surface area contributed by atoms with E-state index in [-0.39, 0.29) is 0 Å². The molecule has 0 atom stereocenters. The molecular formula is C20H27N5O2. The van der Waals surface area contributed by atoms with Crippen LogP contribution < -0.4 is 15.1 Å². The molecule has 1 fully saturated rings. The number of amides is 1. The highest BCUT2D eigenvalue weighted by molar-refractivity contribution is 5.83. The molecule has 1 aromatic carbocycles. The smallest absolute Gasteiger partial charge is 0.413 e. The van der Waals surface area contributed by atoms with Crippen molar-refractivity contribution in [3.05, 3.63) is 42.0 Å². The summed E-state index contributed by atoms with van der Waals surface area (Å²) in [4.78, 5) is 16.4. The van der Waals surface area contributed by atoms with Crippen molar-refractivity contribution in [2.45, 2.75) is 33.3 Å². The lowest BCUT2D eigenvalue weighted by Crippen LogP contribution is -2.46. The number of carbonyl (C=O) groups excluding carboxylic acids is 1. The first-order valence-corrected chi connectivity index (χ1v) is 9.20. The van der Waals surface area contributed by atoms with E-state index in [1.54, 1.807) is 6.07 Å². The van der Waals surface area contributed by atoms with E-state index in [1.165, 1.54) is 11.3 Å². The van der Waals surface area contributed by atoms with E-state index in [2.05, 4.69) is 56.5 Å². The molecule has 1 amide bonds. The van der Waals surface area contributed by atoms with E-state index < -0.39 is 11.7 Å². The normalized spacial score (nSPS) is 14.8. The summed E-state index contributed by atoms with van der Waals surface area (Å²) in [6.45, 7) is 11.2.